The molecule has 3 amide bonds. The van der Waals surface area contributed by atoms with Gasteiger partial charge >= 0.3 is 6.09 Å². The number of hydrogen-bond donors (Lipinski definition) is 1. The molecular weight excluding hydrogens is 546 g/mol. The highest BCUT2D eigenvalue weighted by Crippen LogP contribution is 2.40. The molecule has 6 heterocycles. The van der Waals surface area contributed by atoms with E-state index in [1.165, 1.54) is 0 Å². The lowest BCUT2D eigenvalue weighted by atomic mass is 9.96. The number of benzene rings is 1. The molecule has 2 aliphatic rings. The lowest BCUT2D eigenvalue weighted by Gasteiger charge is -2.24. The van der Waals surface area contributed by atoms with Crippen molar-refractivity contribution in [1.29, 1.82) is 0 Å². The smallest absolute Gasteiger partial charge is 0.417 e. The van der Waals surface area contributed by atoms with Gasteiger partial charge in [0.1, 0.15) is 17.1 Å². The van der Waals surface area contributed by atoms with Crippen LogP contribution in [-0.2, 0) is 17.8 Å². The van der Waals surface area contributed by atoms with E-state index >= 15 is 0 Å². The van der Waals surface area contributed by atoms with Gasteiger partial charge in [-0.1, -0.05) is 12.1 Å². The van der Waals surface area contributed by atoms with Crippen LogP contribution >= 0.6 is 0 Å². The Morgan fingerprint density at radius 1 is 0.977 bits per heavy atom. The normalized spacial score (nSPS) is 14.9. The third kappa shape index (κ3) is 4.39. The molecule has 0 unspecified atom stereocenters. The van der Waals surface area contributed by atoms with Crippen molar-refractivity contribution in [3.63, 3.8) is 0 Å². The summed E-state index contributed by atoms with van der Waals surface area (Å²) >= 11 is 0. The minimum Gasteiger partial charge on any atom is -0.443 e. The van der Waals surface area contributed by atoms with Crippen LogP contribution in [-0.4, -0.2) is 66.1 Å². The summed E-state index contributed by atoms with van der Waals surface area (Å²) in [6.07, 6.45) is 4.76. The van der Waals surface area contributed by atoms with Crippen molar-refractivity contribution in [3.05, 3.63) is 77.4 Å². The Morgan fingerprint density at radius 2 is 1.79 bits per heavy atom. The highest BCUT2D eigenvalue weighted by molar-refractivity contribution is 6.12. The number of carbonyl (C=O) groups is 3. The van der Waals surface area contributed by atoms with Gasteiger partial charge in [0.2, 0.25) is 0 Å². The summed E-state index contributed by atoms with van der Waals surface area (Å²) in [5.41, 5.74) is 5.97. The first kappa shape index (κ1) is 26.7. The highest BCUT2D eigenvalue weighted by Gasteiger charge is 2.39. The average Bonchev–Trinajstić information content (AvgIpc) is 3.63. The third-order valence-electron chi connectivity index (χ3n) is 7.93. The van der Waals surface area contributed by atoms with E-state index in [0.717, 1.165) is 38.0 Å². The maximum absolute atomic E-state index is 13.9. The van der Waals surface area contributed by atoms with Gasteiger partial charge in [-0.25, -0.2) is 19.2 Å². The molecule has 0 saturated heterocycles. The van der Waals surface area contributed by atoms with Crippen molar-refractivity contribution < 1.29 is 19.1 Å². The van der Waals surface area contributed by atoms with Crippen LogP contribution in [0.2, 0.25) is 0 Å². The molecule has 43 heavy (non-hydrogen) atoms. The molecule has 0 fully saturated rings. The number of fused-ring (bicyclic) bond motifs is 5. The monoisotopic (exact) mass is 577 g/mol. The predicted molar refractivity (Wildman–Crippen MR) is 161 cm³/mol. The number of rotatable bonds is 3. The number of imide groups is 1. The number of anilines is 2. The highest BCUT2D eigenvalue weighted by atomic mass is 16.6. The lowest BCUT2D eigenvalue weighted by molar-refractivity contribution is 0.0248. The fourth-order valence-corrected chi connectivity index (χ4v) is 5.87. The largest absolute Gasteiger partial charge is 0.443 e. The fourth-order valence-electron chi connectivity index (χ4n) is 5.87. The zero-order valence-electron chi connectivity index (χ0n) is 24.6. The molecule has 5 aromatic rings. The minimum absolute atomic E-state index is 0.0268. The van der Waals surface area contributed by atoms with Crippen LogP contribution in [0.15, 0.2) is 55.0 Å². The van der Waals surface area contributed by atoms with E-state index in [0.29, 0.717) is 41.4 Å². The number of likely N-dealkylation sites (N-methyl/N-ethyl adjacent to an activating group) is 1. The van der Waals surface area contributed by atoms with Crippen LogP contribution in [0.1, 0.15) is 52.7 Å². The van der Waals surface area contributed by atoms with Gasteiger partial charge in [0.05, 0.1) is 41.2 Å². The minimum atomic E-state index is -0.761. The van der Waals surface area contributed by atoms with Crippen molar-refractivity contribution >= 4 is 45.8 Å². The van der Waals surface area contributed by atoms with Crippen LogP contribution in [0.25, 0.3) is 27.5 Å². The molecule has 218 valence electrons. The van der Waals surface area contributed by atoms with Gasteiger partial charge in [0.15, 0.2) is 0 Å². The average molecular weight is 578 g/mol. The first-order valence-corrected chi connectivity index (χ1v) is 14.2. The molecule has 2 aliphatic heterocycles. The Balaban J connectivity index is 1.31. The van der Waals surface area contributed by atoms with E-state index in [1.54, 1.807) is 45.1 Å². The first-order valence-electron chi connectivity index (χ1n) is 14.2. The molecule has 4 aromatic heterocycles. The molecule has 1 N–H and O–H groups in total. The number of amides is 3. The summed E-state index contributed by atoms with van der Waals surface area (Å²) in [5, 5.41) is 8.72. The SMILES string of the molecule is Cc1ccc2c(-c3ccc(Nc4cc5cc6n(c5cn4)CCN(C)C6=O)c4c3CN(C(=O)OC(C)(C)C)C4=O)cnn2c1. The number of aromatic nitrogens is 4. The van der Waals surface area contributed by atoms with Gasteiger partial charge in [0.25, 0.3) is 11.8 Å². The number of pyridine rings is 2. The van der Waals surface area contributed by atoms with Crippen molar-refractivity contribution in [2.24, 2.45) is 0 Å². The van der Waals surface area contributed by atoms with E-state index in [4.69, 9.17) is 4.74 Å². The van der Waals surface area contributed by atoms with Gasteiger partial charge in [-0.3, -0.25) is 9.59 Å². The molecule has 1 aromatic carbocycles. The quantitative estimate of drug-likeness (QED) is 0.306. The summed E-state index contributed by atoms with van der Waals surface area (Å²) < 4.78 is 9.38. The van der Waals surface area contributed by atoms with E-state index in [1.807, 2.05) is 58.6 Å². The summed E-state index contributed by atoms with van der Waals surface area (Å²) in [6, 6.07) is 11.5. The second-order valence-electron chi connectivity index (χ2n) is 12.1. The van der Waals surface area contributed by atoms with E-state index in [9.17, 15) is 14.4 Å². The number of hydrogen-bond acceptors (Lipinski definition) is 7. The second kappa shape index (κ2) is 9.41. The molecule has 0 spiro atoms. The molecule has 0 radical (unpaired) electrons. The number of carbonyl (C=O) groups excluding carboxylic acids is 3. The number of ether oxygens (including phenoxy) is 1. The maximum Gasteiger partial charge on any atom is 0.417 e. The Morgan fingerprint density at radius 3 is 2.58 bits per heavy atom. The predicted octanol–water partition coefficient (Wildman–Crippen LogP) is 5.38. The molecular formula is C32H31N7O4. The van der Waals surface area contributed by atoms with Crippen molar-refractivity contribution in [2.75, 3.05) is 18.9 Å². The lowest BCUT2D eigenvalue weighted by Crippen LogP contribution is -2.37. The Hall–Kier alpha value is -5.19. The topological polar surface area (TPSA) is 114 Å². The summed E-state index contributed by atoms with van der Waals surface area (Å²) in [6.45, 7) is 8.70. The van der Waals surface area contributed by atoms with Crippen molar-refractivity contribution in [3.8, 4) is 11.1 Å². The summed E-state index contributed by atoms with van der Waals surface area (Å²) in [4.78, 5) is 47.2. The number of nitrogens with zero attached hydrogens (tertiary/aromatic N) is 6. The van der Waals surface area contributed by atoms with Crippen LogP contribution < -0.4 is 5.32 Å². The Bertz CT molecular complexity index is 2000. The molecule has 0 atom stereocenters. The number of aryl methyl sites for hydroxylation is 1. The standard InChI is InChI=1S/C32H31N7O4/c1-18-6-9-24-21(14-34-39(24)16-18)20-7-8-23(28-22(20)17-38(30(28)41)31(42)43-32(2,3)4)35-27-13-19-12-25-29(40)36(5)10-11-37(25)26(19)15-33-27/h6-9,12-16H,10-11,17H2,1-5H3,(H,33,35). The van der Waals surface area contributed by atoms with Crippen LogP contribution in [0.4, 0.5) is 16.3 Å². The van der Waals surface area contributed by atoms with Gasteiger partial charge in [-0.2, -0.15) is 5.10 Å². The first-order chi connectivity index (χ1) is 20.5. The second-order valence-corrected chi connectivity index (χ2v) is 12.1. The molecule has 0 saturated carbocycles. The Labute approximate surface area is 247 Å². The van der Waals surface area contributed by atoms with Crippen molar-refractivity contribution in [1.82, 2.24) is 29.0 Å². The molecule has 0 aliphatic carbocycles. The number of nitrogens with one attached hydrogen (secondary N) is 1. The Kier molecular flexibility index (Phi) is 5.84. The summed E-state index contributed by atoms with van der Waals surface area (Å²) in [7, 11) is 1.80. The van der Waals surface area contributed by atoms with Crippen LogP contribution in [0.5, 0.6) is 0 Å². The van der Waals surface area contributed by atoms with Crippen molar-refractivity contribution in [2.45, 2.75) is 46.4 Å². The molecule has 11 nitrogen and oxygen atoms in total. The molecule has 11 heteroatoms. The fraction of sp³-hybridized carbons (Fsp3) is 0.281. The zero-order valence-corrected chi connectivity index (χ0v) is 24.6. The van der Waals surface area contributed by atoms with E-state index < -0.39 is 17.6 Å². The van der Waals surface area contributed by atoms with E-state index in [2.05, 4.69) is 15.4 Å². The van der Waals surface area contributed by atoms with Crippen LogP contribution in [0.3, 0.4) is 0 Å². The maximum atomic E-state index is 13.9. The summed E-state index contributed by atoms with van der Waals surface area (Å²) in [5.74, 6) is 0.0391. The van der Waals surface area contributed by atoms with E-state index in [-0.39, 0.29) is 12.5 Å². The van der Waals surface area contributed by atoms with Crippen LogP contribution in [0, 0.1) is 6.92 Å². The molecule has 7 rings (SSSR count). The van der Waals surface area contributed by atoms with Gasteiger partial charge < -0.3 is 19.5 Å². The third-order valence-corrected chi connectivity index (χ3v) is 7.93. The van der Waals surface area contributed by atoms with Gasteiger partial charge in [0, 0.05) is 37.3 Å². The zero-order chi connectivity index (χ0) is 30.2. The van der Waals surface area contributed by atoms with Gasteiger partial charge in [-0.15, -0.1) is 0 Å². The molecule has 0 bridgehead atoms. The van der Waals surface area contributed by atoms with Gasteiger partial charge in [-0.05, 0) is 68.7 Å².